The highest BCUT2D eigenvalue weighted by atomic mass is 79.9. The van der Waals surface area contributed by atoms with Crippen molar-refractivity contribution in [3.63, 3.8) is 0 Å². The van der Waals surface area contributed by atoms with Crippen molar-refractivity contribution >= 4 is 37.4 Å². The normalized spacial score (nSPS) is 11.3. The SMILES string of the molecule is CS(=O)(=O)c1ccc(NC(=O)Cn2nnc(-c3ccc(Br)cc3)n2)cc1. The van der Waals surface area contributed by atoms with Crippen molar-refractivity contribution in [1.82, 2.24) is 20.2 Å². The van der Waals surface area contributed by atoms with Crippen LogP contribution in [0.2, 0.25) is 0 Å². The molecule has 0 saturated heterocycles. The molecule has 8 nitrogen and oxygen atoms in total. The first-order chi connectivity index (χ1) is 12.3. The number of benzene rings is 2. The van der Waals surface area contributed by atoms with E-state index in [1.54, 1.807) is 0 Å². The number of rotatable bonds is 5. The molecule has 1 heterocycles. The van der Waals surface area contributed by atoms with E-state index in [1.165, 1.54) is 29.1 Å². The van der Waals surface area contributed by atoms with Crippen molar-refractivity contribution in [2.45, 2.75) is 11.4 Å². The molecule has 134 valence electrons. The van der Waals surface area contributed by atoms with Gasteiger partial charge >= 0.3 is 0 Å². The van der Waals surface area contributed by atoms with Crippen LogP contribution in [0.5, 0.6) is 0 Å². The molecule has 3 rings (SSSR count). The Morgan fingerprint density at radius 1 is 1.12 bits per heavy atom. The lowest BCUT2D eigenvalue weighted by Crippen LogP contribution is -2.20. The molecule has 0 aliphatic rings. The summed E-state index contributed by atoms with van der Waals surface area (Å²) in [5, 5.41) is 14.6. The van der Waals surface area contributed by atoms with Crippen molar-refractivity contribution in [3.05, 3.63) is 53.0 Å². The molecule has 3 aromatic rings. The number of carbonyl (C=O) groups excluding carboxylic acids is 1. The molecule has 0 saturated carbocycles. The minimum absolute atomic E-state index is 0.114. The number of anilines is 1. The molecule has 2 aromatic carbocycles. The average molecular weight is 436 g/mol. The Labute approximate surface area is 158 Å². The fourth-order valence-corrected chi connectivity index (χ4v) is 3.03. The van der Waals surface area contributed by atoms with Gasteiger partial charge in [-0.1, -0.05) is 15.9 Å². The lowest BCUT2D eigenvalue weighted by atomic mass is 10.2. The summed E-state index contributed by atoms with van der Waals surface area (Å²) in [6, 6.07) is 13.3. The lowest BCUT2D eigenvalue weighted by Gasteiger charge is -2.05. The number of amides is 1. The Balaban J connectivity index is 1.64. The van der Waals surface area contributed by atoms with E-state index in [4.69, 9.17) is 0 Å². The Bertz CT molecular complexity index is 1030. The van der Waals surface area contributed by atoms with Crippen LogP contribution in [-0.4, -0.2) is 40.8 Å². The Morgan fingerprint density at radius 3 is 2.38 bits per heavy atom. The quantitative estimate of drug-likeness (QED) is 0.657. The first kappa shape index (κ1) is 18.2. The largest absolute Gasteiger partial charge is 0.324 e. The second-order valence-electron chi connectivity index (χ2n) is 5.50. The number of aromatic nitrogens is 4. The molecule has 0 bridgehead atoms. The van der Waals surface area contributed by atoms with Crippen LogP contribution in [-0.2, 0) is 21.2 Å². The number of nitrogens with one attached hydrogen (secondary N) is 1. The third-order valence-corrected chi connectivity index (χ3v) is 5.06. The molecule has 0 spiro atoms. The van der Waals surface area contributed by atoms with Gasteiger partial charge in [0.05, 0.1) is 4.90 Å². The van der Waals surface area contributed by atoms with Crippen LogP contribution in [0.4, 0.5) is 5.69 Å². The van der Waals surface area contributed by atoms with Crippen LogP contribution in [0, 0.1) is 0 Å². The summed E-state index contributed by atoms with van der Waals surface area (Å²) in [5.41, 5.74) is 1.27. The summed E-state index contributed by atoms with van der Waals surface area (Å²) in [6.45, 7) is -0.114. The zero-order valence-corrected chi connectivity index (χ0v) is 16.0. The summed E-state index contributed by atoms with van der Waals surface area (Å²) in [5.74, 6) is 0.0691. The minimum atomic E-state index is -3.27. The van der Waals surface area contributed by atoms with E-state index >= 15 is 0 Å². The first-order valence-electron chi connectivity index (χ1n) is 7.45. The number of hydrogen-bond donors (Lipinski definition) is 1. The molecular formula is C16H14BrN5O3S. The van der Waals surface area contributed by atoms with Crippen LogP contribution in [0.3, 0.4) is 0 Å². The van der Waals surface area contributed by atoms with Crippen LogP contribution < -0.4 is 5.32 Å². The zero-order chi connectivity index (χ0) is 18.7. The van der Waals surface area contributed by atoms with Gasteiger partial charge in [-0.3, -0.25) is 4.79 Å². The third kappa shape index (κ3) is 4.52. The van der Waals surface area contributed by atoms with Crippen molar-refractivity contribution in [2.24, 2.45) is 0 Å². The van der Waals surface area contributed by atoms with Gasteiger partial charge in [0.2, 0.25) is 11.7 Å². The van der Waals surface area contributed by atoms with E-state index in [-0.39, 0.29) is 17.3 Å². The smallest absolute Gasteiger partial charge is 0.248 e. The molecule has 0 aliphatic heterocycles. The first-order valence-corrected chi connectivity index (χ1v) is 10.1. The maximum Gasteiger partial charge on any atom is 0.248 e. The zero-order valence-electron chi connectivity index (χ0n) is 13.6. The van der Waals surface area contributed by atoms with Gasteiger partial charge in [-0.15, -0.1) is 10.2 Å². The second-order valence-corrected chi connectivity index (χ2v) is 8.43. The Morgan fingerprint density at radius 2 is 1.77 bits per heavy atom. The summed E-state index contributed by atoms with van der Waals surface area (Å²) in [7, 11) is -3.27. The van der Waals surface area contributed by atoms with E-state index in [1.807, 2.05) is 24.3 Å². The van der Waals surface area contributed by atoms with Crippen LogP contribution >= 0.6 is 15.9 Å². The molecule has 10 heteroatoms. The van der Waals surface area contributed by atoms with Crippen molar-refractivity contribution in [2.75, 3.05) is 11.6 Å². The average Bonchev–Trinajstić information content (AvgIpc) is 3.03. The van der Waals surface area contributed by atoms with Crippen LogP contribution in [0.15, 0.2) is 57.9 Å². The number of halogens is 1. The fourth-order valence-electron chi connectivity index (χ4n) is 2.14. The van der Waals surface area contributed by atoms with Gasteiger partial charge in [-0.05, 0) is 53.7 Å². The highest BCUT2D eigenvalue weighted by Crippen LogP contribution is 2.17. The number of carbonyl (C=O) groups is 1. The highest BCUT2D eigenvalue weighted by Gasteiger charge is 2.11. The standard InChI is InChI=1S/C16H14BrN5O3S/c1-26(24,25)14-8-6-13(7-9-14)18-15(23)10-22-20-16(19-21-22)11-2-4-12(17)5-3-11/h2-9H,10H2,1H3,(H,18,23). The number of hydrogen-bond acceptors (Lipinski definition) is 6. The van der Waals surface area contributed by atoms with Gasteiger partial charge < -0.3 is 5.32 Å². The number of nitrogens with zero attached hydrogens (tertiary/aromatic N) is 4. The molecular weight excluding hydrogens is 422 g/mol. The molecule has 0 aliphatic carbocycles. The number of sulfone groups is 1. The van der Waals surface area contributed by atoms with E-state index in [0.29, 0.717) is 11.5 Å². The molecule has 1 amide bonds. The molecule has 0 radical (unpaired) electrons. The summed E-state index contributed by atoms with van der Waals surface area (Å²) < 4.78 is 23.8. The maximum absolute atomic E-state index is 12.1. The maximum atomic E-state index is 12.1. The van der Waals surface area contributed by atoms with Crippen molar-refractivity contribution in [1.29, 1.82) is 0 Å². The molecule has 26 heavy (non-hydrogen) atoms. The lowest BCUT2D eigenvalue weighted by molar-refractivity contribution is -0.117. The Hall–Kier alpha value is -2.59. The minimum Gasteiger partial charge on any atom is -0.324 e. The monoisotopic (exact) mass is 435 g/mol. The Kier molecular flexibility index (Phi) is 5.14. The topological polar surface area (TPSA) is 107 Å². The van der Waals surface area contributed by atoms with E-state index in [9.17, 15) is 13.2 Å². The van der Waals surface area contributed by atoms with Gasteiger partial charge in [-0.2, -0.15) is 4.80 Å². The summed E-state index contributed by atoms with van der Waals surface area (Å²) in [6.07, 6.45) is 1.12. The highest BCUT2D eigenvalue weighted by molar-refractivity contribution is 9.10. The molecule has 0 atom stereocenters. The third-order valence-electron chi connectivity index (χ3n) is 3.41. The predicted octanol–water partition coefficient (Wildman–Crippen LogP) is 2.14. The summed E-state index contributed by atoms with van der Waals surface area (Å²) >= 11 is 3.35. The van der Waals surface area contributed by atoms with E-state index in [2.05, 4.69) is 36.7 Å². The van der Waals surface area contributed by atoms with E-state index in [0.717, 1.165) is 16.3 Å². The van der Waals surface area contributed by atoms with Gasteiger partial charge in [0, 0.05) is 22.0 Å². The van der Waals surface area contributed by atoms with Crippen molar-refractivity contribution < 1.29 is 13.2 Å². The van der Waals surface area contributed by atoms with Gasteiger partial charge in [-0.25, -0.2) is 8.42 Å². The van der Waals surface area contributed by atoms with Gasteiger partial charge in [0.25, 0.3) is 0 Å². The predicted molar refractivity (Wildman–Crippen MR) is 99.1 cm³/mol. The molecule has 0 fully saturated rings. The summed E-state index contributed by atoms with van der Waals surface area (Å²) in [4.78, 5) is 13.5. The molecule has 1 N–H and O–H groups in total. The van der Waals surface area contributed by atoms with Crippen molar-refractivity contribution in [3.8, 4) is 11.4 Å². The van der Waals surface area contributed by atoms with Gasteiger partial charge in [0.1, 0.15) is 6.54 Å². The van der Waals surface area contributed by atoms with Crippen LogP contribution in [0.1, 0.15) is 0 Å². The van der Waals surface area contributed by atoms with Gasteiger partial charge in [0.15, 0.2) is 9.84 Å². The van der Waals surface area contributed by atoms with E-state index < -0.39 is 9.84 Å². The second kappa shape index (κ2) is 7.34. The molecule has 0 unspecified atom stereocenters. The fraction of sp³-hybridized carbons (Fsp3) is 0.125. The molecule has 1 aromatic heterocycles. The van der Waals surface area contributed by atoms with Crippen LogP contribution in [0.25, 0.3) is 11.4 Å². The number of tetrazole rings is 1.